The van der Waals surface area contributed by atoms with Gasteiger partial charge in [-0.05, 0) is 11.5 Å². The van der Waals surface area contributed by atoms with E-state index in [0.29, 0.717) is 0 Å². The summed E-state index contributed by atoms with van der Waals surface area (Å²) in [5.41, 5.74) is 1.06. The van der Waals surface area contributed by atoms with E-state index in [1.807, 2.05) is 24.4 Å². The molecule has 1 aromatic carbocycles. The lowest BCUT2D eigenvalue weighted by Crippen LogP contribution is -1.90. The first kappa shape index (κ1) is 8.53. The van der Waals surface area contributed by atoms with E-state index in [9.17, 15) is 0 Å². The molecule has 0 saturated heterocycles. The van der Waals surface area contributed by atoms with Crippen LogP contribution < -0.4 is 5.14 Å². The van der Waals surface area contributed by atoms with E-state index in [0.717, 1.165) is 11.4 Å². The smallest absolute Gasteiger partial charge is 0.0593 e. The van der Waals surface area contributed by atoms with Crippen LogP contribution in [0.3, 0.4) is 0 Å². The average molecular weight is 190 g/mol. The molecule has 66 valence electrons. The van der Waals surface area contributed by atoms with Crippen molar-refractivity contribution in [3.05, 3.63) is 42.2 Å². The summed E-state index contributed by atoms with van der Waals surface area (Å²) in [5, 5.41) is 7.85. The van der Waals surface area contributed by atoms with Gasteiger partial charge >= 0.3 is 0 Å². The Hall–Kier alpha value is -1.06. The second-order valence-electron chi connectivity index (χ2n) is 2.79. The maximum atomic E-state index is 5.43. The van der Waals surface area contributed by atoms with E-state index in [2.05, 4.69) is 17.1 Å². The molecule has 1 heterocycles. The number of pyridine rings is 1. The van der Waals surface area contributed by atoms with Crippen LogP contribution in [0.4, 0.5) is 0 Å². The molecule has 0 amide bonds. The zero-order valence-corrected chi connectivity index (χ0v) is 7.92. The van der Waals surface area contributed by atoms with Gasteiger partial charge in [0.25, 0.3) is 0 Å². The summed E-state index contributed by atoms with van der Waals surface area (Å²) in [5.74, 6) is 0.765. The largest absolute Gasteiger partial charge is 0.278 e. The molecule has 2 rings (SSSR count). The third-order valence-electron chi connectivity index (χ3n) is 1.98. The summed E-state index contributed by atoms with van der Waals surface area (Å²) in [7, 11) is 0. The van der Waals surface area contributed by atoms with Gasteiger partial charge < -0.3 is 0 Å². The molecule has 0 aliphatic rings. The summed E-state index contributed by atoms with van der Waals surface area (Å²) in [6.45, 7) is 0. The molecule has 0 aliphatic heterocycles. The van der Waals surface area contributed by atoms with E-state index < -0.39 is 0 Å². The van der Waals surface area contributed by atoms with Gasteiger partial charge in [-0.2, -0.15) is 0 Å². The van der Waals surface area contributed by atoms with Crippen LogP contribution in [0.1, 0.15) is 5.69 Å². The minimum atomic E-state index is 0.765. The molecule has 1 aromatic heterocycles. The van der Waals surface area contributed by atoms with E-state index in [-0.39, 0.29) is 0 Å². The van der Waals surface area contributed by atoms with Crippen molar-refractivity contribution in [3.8, 4) is 0 Å². The van der Waals surface area contributed by atoms with Crippen molar-refractivity contribution >= 4 is 22.7 Å². The van der Waals surface area contributed by atoms with Crippen LogP contribution in [0.5, 0.6) is 0 Å². The molecular weight excluding hydrogens is 180 g/mol. The lowest BCUT2D eigenvalue weighted by molar-refractivity contribution is 1.21. The van der Waals surface area contributed by atoms with E-state index in [1.54, 1.807) is 0 Å². The van der Waals surface area contributed by atoms with E-state index >= 15 is 0 Å². The molecule has 2 aromatic rings. The lowest BCUT2D eigenvalue weighted by Gasteiger charge is -2.02. The van der Waals surface area contributed by atoms with Crippen molar-refractivity contribution in [2.24, 2.45) is 5.14 Å². The fourth-order valence-electron chi connectivity index (χ4n) is 1.38. The molecule has 2 nitrogen and oxygen atoms in total. The summed E-state index contributed by atoms with van der Waals surface area (Å²) in [4.78, 5) is 4.30. The zero-order valence-electron chi connectivity index (χ0n) is 7.10. The Morgan fingerprint density at radius 2 is 2.08 bits per heavy atom. The monoisotopic (exact) mass is 190 g/mol. The molecular formula is C10H10N2S. The highest BCUT2D eigenvalue weighted by Crippen LogP contribution is 2.18. The number of hydrogen-bond acceptors (Lipinski definition) is 3. The van der Waals surface area contributed by atoms with Gasteiger partial charge in [0.2, 0.25) is 0 Å². The van der Waals surface area contributed by atoms with Gasteiger partial charge in [-0.15, -0.1) is 0 Å². The number of hydrogen-bond donors (Lipinski definition) is 1. The number of aromatic nitrogens is 1. The Morgan fingerprint density at radius 1 is 1.23 bits per heavy atom. The minimum absolute atomic E-state index is 0.765. The highest BCUT2D eigenvalue weighted by Gasteiger charge is 1.99. The fraction of sp³-hybridized carbons (Fsp3) is 0.100. The van der Waals surface area contributed by atoms with Crippen LogP contribution in [0.25, 0.3) is 10.8 Å². The molecule has 3 heteroatoms. The van der Waals surface area contributed by atoms with Crippen molar-refractivity contribution in [1.29, 1.82) is 0 Å². The van der Waals surface area contributed by atoms with Gasteiger partial charge in [-0.3, -0.25) is 10.1 Å². The van der Waals surface area contributed by atoms with Crippen LogP contribution in [-0.2, 0) is 5.75 Å². The van der Waals surface area contributed by atoms with Gasteiger partial charge in [-0.1, -0.05) is 36.2 Å². The standard InChI is InChI=1S/C10H10N2S/c11-13-7-10-9-4-2-1-3-8(9)5-6-12-10/h1-6H,7,11H2. The normalized spacial score (nSPS) is 10.5. The van der Waals surface area contributed by atoms with Gasteiger partial charge in [-0.25, -0.2) is 0 Å². The van der Waals surface area contributed by atoms with Crippen molar-refractivity contribution in [3.63, 3.8) is 0 Å². The Balaban J connectivity index is 2.61. The Bertz CT molecular complexity index is 409. The first-order valence-electron chi connectivity index (χ1n) is 4.06. The summed E-state index contributed by atoms with van der Waals surface area (Å²) in [6.07, 6.45) is 1.83. The van der Waals surface area contributed by atoms with Crippen molar-refractivity contribution in [2.75, 3.05) is 0 Å². The predicted octanol–water partition coefficient (Wildman–Crippen LogP) is 2.34. The molecule has 2 N–H and O–H groups in total. The first-order valence-corrected chi connectivity index (χ1v) is 5.11. The molecule has 0 radical (unpaired) electrons. The fourth-order valence-corrected chi connectivity index (χ4v) is 1.76. The molecule has 0 aliphatic carbocycles. The van der Waals surface area contributed by atoms with Gasteiger partial charge in [0, 0.05) is 11.6 Å². The first-order chi connectivity index (χ1) is 6.42. The Labute approximate surface area is 81.3 Å². The highest BCUT2D eigenvalue weighted by atomic mass is 32.2. The minimum Gasteiger partial charge on any atom is -0.278 e. The van der Waals surface area contributed by atoms with Crippen LogP contribution in [0.15, 0.2) is 36.5 Å². The van der Waals surface area contributed by atoms with Gasteiger partial charge in [0.1, 0.15) is 0 Å². The van der Waals surface area contributed by atoms with Crippen LogP contribution in [-0.4, -0.2) is 4.98 Å². The van der Waals surface area contributed by atoms with E-state index in [4.69, 9.17) is 5.14 Å². The SMILES string of the molecule is NSCc1nccc2ccccc12. The number of fused-ring (bicyclic) bond motifs is 1. The molecule has 0 spiro atoms. The number of nitrogens with two attached hydrogens (primary N) is 1. The maximum Gasteiger partial charge on any atom is 0.0593 e. The van der Waals surface area contributed by atoms with Crippen LogP contribution >= 0.6 is 11.9 Å². The highest BCUT2D eigenvalue weighted by molar-refractivity contribution is 7.96. The van der Waals surface area contributed by atoms with Crippen molar-refractivity contribution in [2.45, 2.75) is 5.75 Å². The van der Waals surface area contributed by atoms with E-state index in [1.165, 1.54) is 22.7 Å². The third kappa shape index (κ3) is 1.66. The topological polar surface area (TPSA) is 38.9 Å². The Morgan fingerprint density at radius 3 is 2.92 bits per heavy atom. The van der Waals surface area contributed by atoms with Crippen molar-refractivity contribution < 1.29 is 0 Å². The van der Waals surface area contributed by atoms with Crippen molar-refractivity contribution in [1.82, 2.24) is 4.98 Å². The quantitative estimate of drug-likeness (QED) is 0.739. The second-order valence-corrected chi connectivity index (χ2v) is 3.41. The molecule has 0 saturated carbocycles. The summed E-state index contributed by atoms with van der Waals surface area (Å²) in [6, 6.07) is 10.2. The number of rotatable bonds is 2. The number of benzene rings is 1. The Kier molecular flexibility index (Phi) is 2.47. The molecule has 0 unspecified atom stereocenters. The molecule has 13 heavy (non-hydrogen) atoms. The maximum absolute atomic E-state index is 5.43. The van der Waals surface area contributed by atoms with Crippen LogP contribution in [0.2, 0.25) is 0 Å². The zero-order chi connectivity index (χ0) is 9.10. The number of nitrogens with zero attached hydrogens (tertiary/aromatic N) is 1. The van der Waals surface area contributed by atoms with Crippen LogP contribution in [0, 0.1) is 0 Å². The molecule has 0 bridgehead atoms. The molecule has 0 fully saturated rings. The second kappa shape index (κ2) is 3.77. The summed E-state index contributed by atoms with van der Waals surface area (Å²) < 4.78 is 0. The average Bonchev–Trinajstić information content (AvgIpc) is 2.19. The summed E-state index contributed by atoms with van der Waals surface area (Å²) >= 11 is 1.31. The lowest BCUT2D eigenvalue weighted by atomic mass is 10.1. The van der Waals surface area contributed by atoms with Gasteiger partial charge in [0.05, 0.1) is 11.4 Å². The van der Waals surface area contributed by atoms with Gasteiger partial charge in [0.15, 0.2) is 0 Å². The third-order valence-corrected chi connectivity index (χ3v) is 2.42. The predicted molar refractivity (Wildman–Crippen MR) is 57.2 cm³/mol. The molecule has 0 atom stereocenters.